The molecule has 24 heavy (non-hydrogen) atoms. The molecule has 2 aromatic carbocycles. The summed E-state index contributed by atoms with van der Waals surface area (Å²) in [6.07, 6.45) is 0.855. The van der Waals surface area contributed by atoms with E-state index < -0.39 is 0 Å². The summed E-state index contributed by atoms with van der Waals surface area (Å²) in [5.74, 6) is -0.510. The Balaban J connectivity index is 2.21. The molecule has 0 spiro atoms. The second-order valence-electron chi connectivity index (χ2n) is 5.81. The number of aryl methyl sites for hydroxylation is 1. The van der Waals surface area contributed by atoms with Crippen LogP contribution >= 0.6 is 0 Å². The number of aromatic nitrogens is 1. The van der Waals surface area contributed by atoms with Crippen LogP contribution < -0.4 is 5.32 Å². The van der Waals surface area contributed by atoms with Gasteiger partial charge in [-0.3, -0.25) is 4.79 Å². The average molecular weight is 322 g/mol. The number of halogens is 1. The van der Waals surface area contributed by atoms with Gasteiger partial charge >= 0.3 is 0 Å². The van der Waals surface area contributed by atoms with Crippen molar-refractivity contribution >= 4 is 16.8 Å². The third-order valence-corrected chi connectivity index (χ3v) is 3.89. The predicted octanol–water partition coefficient (Wildman–Crippen LogP) is 4.49. The van der Waals surface area contributed by atoms with Gasteiger partial charge in [0.2, 0.25) is 0 Å². The molecule has 0 aliphatic carbocycles. The molecule has 4 heteroatoms. The predicted molar refractivity (Wildman–Crippen MR) is 94.5 cm³/mol. The smallest absolute Gasteiger partial charge is 0.252 e. The molecule has 0 atom stereocenters. The summed E-state index contributed by atoms with van der Waals surface area (Å²) in [4.78, 5) is 17.1. The zero-order valence-corrected chi connectivity index (χ0v) is 13.8. The van der Waals surface area contributed by atoms with E-state index >= 15 is 0 Å². The van der Waals surface area contributed by atoms with Crippen LogP contribution in [0.5, 0.6) is 0 Å². The molecule has 1 N–H and O–H groups in total. The Labute approximate surface area is 140 Å². The Hall–Kier alpha value is -2.75. The van der Waals surface area contributed by atoms with E-state index in [1.165, 1.54) is 6.07 Å². The van der Waals surface area contributed by atoms with Crippen molar-refractivity contribution < 1.29 is 9.18 Å². The highest BCUT2D eigenvalue weighted by atomic mass is 19.1. The van der Waals surface area contributed by atoms with E-state index in [9.17, 15) is 9.18 Å². The number of benzene rings is 2. The first-order valence-corrected chi connectivity index (χ1v) is 8.04. The van der Waals surface area contributed by atoms with Gasteiger partial charge in [-0.1, -0.05) is 30.7 Å². The number of hydrogen-bond acceptors (Lipinski definition) is 2. The van der Waals surface area contributed by atoms with Crippen LogP contribution in [0, 0.1) is 12.7 Å². The number of carbonyl (C=O) groups excluding carboxylic acids is 1. The van der Waals surface area contributed by atoms with Crippen LogP contribution in [0.3, 0.4) is 0 Å². The fraction of sp³-hybridized carbons (Fsp3) is 0.200. The van der Waals surface area contributed by atoms with Crippen LogP contribution in [0.1, 0.15) is 29.3 Å². The molecule has 3 nitrogen and oxygen atoms in total. The van der Waals surface area contributed by atoms with Crippen molar-refractivity contribution in [3.63, 3.8) is 0 Å². The van der Waals surface area contributed by atoms with Gasteiger partial charge in [-0.2, -0.15) is 0 Å². The van der Waals surface area contributed by atoms with E-state index in [1.807, 2.05) is 32.0 Å². The van der Waals surface area contributed by atoms with Gasteiger partial charge in [-0.25, -0.2) is 9.37 Å². The molecule has 0 radical (unpaired) electrons. The largest absolute Gasteiger partial charge is 0.352 e. The van der Waals surface area contributed by atoms with Crippen LogP contribution in [0.2, 0.25) is 0 Å². The number of fused-ring (bicyclic) bond motifs is 1. The van der Waals surface area contributed by atoms with E-state index in [0.29, 0.717) is 28.9 Å². The van der Waals surface area contributed by atoms with Crippen molar-refractivity contribution in [1.29, 1.82) is 0 Å². The summed E-state index contributed by atoms with van der Waals surface area (Å²) in [7, 11) is 0. The Morgan fingerprint density at radius 2 is 1.96 bits per heavy atom. The monoisotopic (exact) mass is 322 g/mol. The highest BCUT2D eigenvalue weighted by Gasteiger charge is 2.15. The molecular weight excluding hydrogens is 303 g/mol. The van der Waals surface area contributed by atoms with E-state index in [4.69, 9.17) is 0 Å². The van der Waals surface area contributed by atoms with Crippen LogP contribution in [0.25, 0.3) is 22.2 Å². The number of carbonyl (C=O) groups is 1. The van der Waals surface area contributed by atoms with Crippen molar-refractivity contribution in [2.45, 2.75) is 20.3 Å². The lowest BCUT2D eigenvalue weighted by atomic mass is 10.0. The first-order valence-electron chi connectivity index (χ1n) is 8.04. The van der Waals surface area contributed by atoms with Gasteiger partial charge in [0.25, 0.3) is 5.91 Å². The lowest BCUT2D eigenvalue weighted by molar-refractivity contribution is 0.0955. The molecular formula is C20H19FN2O. The molecule has 1 aromatic heterocycles. The van der Waals surface area contributed by atoms with Gasteiger partial charge in [0.15, 0.2) is 0 Å². The molecule has 0 aliphatic heterocycles. The fourth-order valence-corrected chi connectivity index (χ4v) is 2.67. The lowest BCUT2D eigenvalue weighted by Crippen LogP contribution is -2.24. The fourth-order valence-electron chi connectivity index (χ4n) is 2.67. The Bertz CT molecular complexity index is 905. The molecule has 3 aromatic rings. The van der Waals surface area contributed by atoms with Gasteiger partial charge in [-0.15, -0.1) is 0 Å². The maximum Gasteiger partial charge on any atom is 0.252 e. The van der Waals surface area contributed by atoms with E-state index in [1.54, 1.807) is 24.3 Å². The van der Waals surface area contributed by atoms with Gasteiger partial charge < -0.3 is 5.32 Å². The molecule has 3 rings (SSSR count). The molecule has 122 valence electrons. The van der Waals surface area contributed by atoms with Crippen molar-refractivity contribution in [1.82, 2.24) is 10.3 Å². The Morgan fingerprint density at radius 1 is 1.17 bits per heavy atom. The maximum atomic E-state index is 14.1. The van der Waals surface area contributed by atoms with Gasteiger partial charge in [0.05, 0.1) is 16.8 Å². The molecule has 0 bridgehead atoms. The number of pyridine rings is 1. The number of amides is 1. The summed E-state index contributed by atoms with van der Waals surface area (Å²) in [5.41, 5.74) is 3.11. The van der Waals surface area contributed by atoms with Crippen LogP contribution in [-0.2, 0) is 0 Å². The third-order valence-electron chi connectivity index (χ3n) is 3.89. The first-order chi connectivity index (χ1) is 11.6. The lowest BCUT2D eigenvalue weighted by Gasteiger charge is -2.11. The Kier molecular flexibility index (Phi) is 4.56. The first kappa shape index (κ1) is 16.1. The quantitative estimate of drug-likeness (QED) is 0.769. The second kappa shape index (κ2) is 6.79. The van der Waals surface area contributed by atoms with Gasteiger partial charge in [0, 0.05) is 17.5 Å². The van der Waals surface area contributed by atoms with E-state index in [-0.39, 0.29) is 11.7 Å². The minimum atomic E-state index is -0.351. The second-order valence-corrected chi connectivity index (χ2v) is 5.81. The van der Waals surface area contributed by atoms with Crippen molar-refractivity contribution in [3.05, 3.63) is 65.5 Å². The summed E-state index contributed by atoms with van der Waals surface area (Å²) < 4.78 is 14.1. The van der Waals surface area contributed by atoms with Gasteiger partial charge in [-0.05, 0) is 43.7 Å². The summed E-state index contributed by atoms with van der Waals surface area (Å²) in [6.45, 7) is 4.57. The standard InChI is InChI=1S/C20H19FN2O/c1-3-10-22-20(24)16-12-19(14-6-4-5-7-17(14)21)23-18-9-8-13(2)11-15(16)18/h4-9,11-12H,3,10H2,1-2H3,(H,22,24). The zero-order valence-electron chi connectivity index (χ0n) is 13.8. The maximum absolute atomic E-state index is 14.1. The molecule has 1 heterocycles. The van der Waals surface area contributed by atoms with Crippen LogP contribution in [0.4, 0.5) is 4.39 Å². The molecule has 0 fully saturated rings. The highest BCUT2D eigenvalue weighted by molar-refractivity contribution is 6.07. The summed E-state index contributed by atoms with van der Waals surface area (Å²) in [6, 6.07) is 13.9. The summed E-state index contributed by atoms with van der Waals surface area (Å²) >= 11 is 0. The highest BCUT2D eigenvalue weighted by Crippen LogP contribution is 2.27. The van der Waals surface area contributed by atoms with Crippen LogP contribution in [0.15, 0.2) is 48.5 Å². The van der Waals surface area contributed by atoms with Crippen molar-refractivity contribution in [3.8, 4) is 11.3 Å². The number of nitrogens with one attached hydrogen (secondary N) is 1. The average Bonchev–Trinajstić information content (AvgIpc) is 2.59. The summed E-state index contributed by atoms with van der Waals surface area (Å²) in [5, 5.41) is 3.67. The molecule has 0 saturated carbocycles. The third kappa shape index (κ3) is 3.13. The van der Waals surface area contributed by atoms with E-state index in [2.05, 4.69) is 10.3 Å². The number of rotatable bonds is 4. The molecule has 1 amide bonds. The number of hydrogen-bond donors (Lipinski definition) is 1. The molecule has 0 saturated heterocycles. The minimum Gasteiger partial charge on any atom is -0.352 e. The van der Waals surface area contributed by atoms with Crippen LogP contribution in [-0.4, -0.2) is 17.4 Å². The molecule has 0 aliphatic rings. The topological polar surface area (TPSA) is 42.0 Å². The van der Waals surface area contributed by atoms with E-state index in [0.717, 1.165) is 17.4 Å². The normalized spacial score (nSPS) is 10.8. The molecule has 0 unspecified atom stereocenters. The SMILES string of the molecule is CCCNC(=O)c1cc(-c2ccccc2F)nc2ccc(C)cc12. The zero-order chi connectivity index (χ0) is 17.1. The minimum absolute atomic E-state index is 0.160. The van der Waals surface area contributed by atoms with Gasteiger partial charge in [0.1, 0.15) is 5.82 Å². The van der Waals surface area contributed by atoms with Crippen molar-refractivity contribution in [2.75, 3.05) is 6.54 Å². The Morgan fingerprint density at radius 3 is 2.71 bits per heavy atom. The number of nitrogens with zero attached hydrogens (tertiary/aromatic N) is 1. The van der Waals surface area contributed by atoms with Crippen molar-refractivity contribution in [2.24, 2.45) is 0 Å².